The second-order valence-electron chi connectivity index (χ2n) is 4.02. The first kappa shape index (κ1) is 10.7. The Labute approximate surface area is 102 Å². The molecule has 4 heteroatoms. The minimum Gasteiger partial charge on any atom is -0.508 e. The van der Waals surface area contributed by atoms with E-state index in [0.29, 0.717) is 28.1 Å². The number of aryl methyl sites for hydroxylation is 1. The number of phenolic OH excluding ortho intramolecular Hbond substituents is 1. The lowest BCUT2D eigenvalue weighted by atomic mass is 10.1. The van der Waals surface area contributed by atoms with Crippen LogP contribution in [0.2, 0.25) is 0 Å². The number of aromatic hydroxyl groups is 1. The molecule has 0 aliphatic rings. The Kier molecular flexibility index (Phi) is 2.23. The lowest BCUT2D eigenvalue weighted by Gasteiger charge is -2.04. The number of phenols is 1. The average Bonchev–Trinajstić information content (AvgIpc) is 2.82. The molecular weight excluding hydrogens is 232 g/mol. The SMILES string of the molecule is Cc1oc2cc(O)ccc2c(=O)c1-c1ccco1. The van der Waals surface area contributed by atoms with E-state index in [1.807, 2.05) is 0 Å². The van der Waals surface area contributed by atoms with Crippen molar-refractivity contribution in [3.63, 3.8) is 0 Å². The van der Waals surface area contributed by atoms with E-state index in [-0.39, 0.29) is 11.2 Å². The topological polar surface area (TPSA) is 63.6 Å². The molecule has 0 saturated carbocycles. The van der Waals surface area contributed by atoms with Crippen LogP contribution in [0.15, 0.2) is 50.2 Å². The highest BCUT2D eigenvalue weighted by Gasteiger charge is 2.15. The Bertz CT molecular complexity index is 766. The Balaban J connectivity index is 2.42. The second kappa shape index (κ2) is 3.77. The quantitative estimate of drug-likeness (QED) is 0.712. The molecule has 1 aromatic carbocycles. The fourth-order valence-corrected chi connectivity index (χ4v) is 2.00. The zero-order valence-electron chi connectivity index (χ0n) is 9.64. The van der Waals surface area contributed by atoms with Crippen molar-refractivity contribution in [3.8, 4) is 17.1 Å². The minimum atomic E-state index is -0.163. The molecule has 0 bridgehead atoms. The summed E-state index contributed by atoms with van der Waals surface area (Å²) in [6.07, 6.45) is 1.51. The average molecular weight is 242 g/mol. The number of fused-ring (bicyclic) bond motifs is 1. The molecule has 3 aromatic rings. The number of furan rings is 1. The van der Waals surface area contributed by atoms with Crippen molar-refractivity contribution in [2.45, 2.75) is 6.92 Å². The number of benzene rings is 1. The first-order chi connectivity index (χ1) is 8.66. The molecular formula is C14H10O4. The van der Waals surface area contributed by atoms with Crippen molar-refractivity contribution in [2.24, 2.45) is 0 Å². The summed E-state index contributed by atoms with van der Waals surface area (Å²) in [5.41, 5.74) is 0.620. The van der Waals surface area contributed by atoms with Crippen molar-refractivity contribution >= 4 is 11.0 Å². The van der Waals surface area contributed by atoms with Gasteiger partial charge in [0, 0.05) is 6.07 Å². The minimum absolute atomic E-state index is 0.0656. The zero-order chi connectivity index (χ0) is 12.7. The van der Waals surface area contributed by atoms with Gasteiger partial charge in [-0.15, -0.1) is 0 Å². The summed E-state index contributed by atoms with van der Waals surface area (Å²) in [6, 6.07) is 7.86. The van der Waals surface area contributed by atoms with Crippen LogP contribution in [0.3, 0.4) is 0 Å². The molecule has 18 heavy (non-hydrogen) atoms. The van der Waals surface area contributed by atoms with Gasteiger partial charge in [0.05, 0.1) is 11.6 Å². The molecule has 4 nitrogen and oxygen atoms in total. The van der Waals surface area contributed by atoms with Crippen molar-refractivity contribution in [1.29, 1.82) is 0 Å². The molecule has 90 valence electrons. The van der Waals surface area contributed by atoms with Crippen LogP contribution in [0.25, 0.3) is 22.3 Å². The molecule has 0 aliphatic heterocycles. The summed E-state index contributed by atoms with van der Waals surface area (Å²) in [5.74, 6) is 1.01. The first-order valence-electron chi connectivity index (χ1n) is 5.47. The Hall–Kier alpha value is -2.49. The molecule has 0 atom stereocenters. The Morgan fingerprint density at radius 1 is 1.22 bits per heavy atom. The van der Waals surface area contributed by atoms with E-state index in [0.717, 1.165) is 0 Å². The summed E-state index contributed by atoms with van der Waals surface area (Å²) in [7, 11) is 0. The molecule has 0 saturated heterocycles. The lowest BCUT2D eigenvalue weighted by Crippen LogP contribution is -2.06. The normalized spacial score (nSPS) is 10.9. The number of hydrogen-bond donors (Lipinski definition) is 1. The fraction of sp³-hybridized carbons (Fsp3) is 0.0714. The van der Waals surface area contributed by atoms with Crippen molar-refractivity contribution < 1.29 is 13.9 Å². The molecule has 0 fully saturated rings. The van der Waals surface area contributed by atoms with E-state index >= 15 is 0 Å². The third-order valence-corrected chi connectivity index (χ3v) is 2.82. The number of hydrogen-bond acceptors (Lipinski definition) is 4. The van der Waals surface area contributed by atoms with Gasteiger partial charge >= 0.3 is 0 Å². The molecule has 0 aliphatic carbocycles. The predicted molar refractivity (Wildman–Crippen MR) is 66.6 cm³/mol. The predicted octanol–water partition coefficient (Wildman–Crippen LogP) is 3.07. The van der Waals surface area contributed by atoms with Gasteiger partial charge in [0.1, 0.15) is 28.4 Å². The molecule has 0 amide bonds. The van der Waals surface area contributed by atoms with Crippen molar-refractivity contribution in [1.82, 2.24) is 0 Å². The Morgan fingerprint density at radius 2 is 2.06 bits per heavy atom. The highest BCUT2D eigenvalue weighted by atomic mass is 16.3. The van der Waals surface area contributed by atoms with Gasteiger partial charge in [-0.3, -0.25) is 4.79 Å². The molecule has 3 rings (SSSR count). The summed E-state index contributed by atoms with van der Waals surface area (Å²) in [5, 5.41) is 9.81. The summed E-state index contributed by atoms with van der Waals surface area (Å²) in [6.45, 7) is 1.70. The molecule has 1 N–H and O–H groups in total. The third kappa shape index (κ3) is 1.50. The van der Waals surface area contributed by atoms with E-state index in [1.165, 1.54) is 18.4 Å². The molecule has 0 spiro atoms. The van der Waals surface area contributed by atoms with Crippen LogP contribution in [0, 0.1) is 6.92 Å². The van der Waals surface area contributed by atoms with Crippen LogP contribution in [-0.2, 0) is 0 Å². The highest BCUT2D eigenvalue weighted by Crippen LogP contribution is 2.25. The van der Waals surface area contributed by atoms with Gasteiger partial charge in [-0.05, 0) is 31.2 Å². The first-order valence-corrected chi connectivity index (χ1v) is 5.47. The van der Waals surface area contributed by atoms with Gasteiger partial charge < -0.3 is 13.9 Å². The van der Waals surface area contributed by atoms with Crippen LogP contribution >= 0.6 is 0 Å². The summed E-state index contributed by atoms with van der Waals surface area (Å²) < 4.78 is 10.8. The van der Waals surface area contributed by atoms with E-state index in [1.54, 1.807) is 25.1 Å². The van der Waals surface area contributed by atoms with Crippen LogP contribution in [0.4, 0.5) is 0 Å². The molecule has 0 radical (unpaired) electrons. The van der Waals surface area contributed by atoms with E-state index in [9.17, 15) is 9.90 Å². The van der Waals surface area contributed by atoms with E-state index in [2.05, 4.69) is 0 Å². The van der Waals surface area contributed by atoms with Gasteiger partial charge in [0.15, 0.2) is 0 Å². The summed E-state index contributed by atoms with van der Waals surface area (Å²) >= 11 is 0. The maximum atomic E-state index is 12.4. The zero-order valence-corrected chi connectivity index (χ0v) is 9.64. The van der Waals surface area contributed by atoms with Crippen molar-refractivity contribution in [3.05, 3.63) is 52.6 Å². The molecule has 2 aromatic heterocycles. The largest absolute Gasteiger partial charge is 0.508 e. The fourth-order valence-electron chi connectivity index (χ4n) is 2.00. The lowest BCUT2D eigenvalue weighted by molar-refractivity contribution is 0.473. The van der Waals surface area contributed by atoms with Crippen LogP contribution < -0.4 is 5.43 Å². The van der Waals surface area contributed by atoms with Crippen LogP contribution in [0.1, 0.15) is 5.76 Å². The van der Waals surface area contributed by atoms with Gasteiger partial charge in [0.2, 0.25) is 5.43 Å². The smallest absolute Gasteiger partial charge is 0.203 e. The standard InChI is InChI=1S/C14H10O4/c1-8-13(11-3-2-6-17-11)14(16)10-5-4-9(15)7-12(10)18-8/h2-7,15H,1H3. The van der Waals surface area contributed by atoms with Gasteiger partial charge in [-0.25, -0.2) is 0 Å². The number of rotatable bonds is 1. The third-order valence-electron chi connectivity index (χ3n) is 2.82. The maximum Gasteiger partial charge on any atom is 0.203 e. The van der Waals surface area contributed by atoms with Crippen LogP contribution in [-0.4, -0.2) is 5.11 Å². The molecule has 2 heterocycles. The van der Waals surface area contributed by atoms with Gasteiger partial charge in [0.25, 0.3) is 0 Å². The maximum absolute atomic E-state index is 12.4. The Morgan fingerprint density at radius 3 is 2.78 bits per heavy atom. The van der Waals surface area contributed by atoms with Gasteiger partial charge in [-0.2, -0.15) is 0 Å². The summed E-state index contributed by atoms with van der Waals surface area (Å²) in [4.78, 5) is 12.4. The van der Waals surface area contributed by atoms with Crippen LogP contribution in [0.5, 0.6) is 5.75 Å². The monoisotopic (exact) mass is 242 g/mol. The van der Waals surface area contributed by atoms with Gasteiger partial charge in [-0.1, -0.05) is 0 Å². The van der Waals surface area contributed by atoms with Crippen molar-refractivity contribution in [2.75, 3.05) is 0 Å². The highest BCUT2D eigenvalue weighted by molar-refractivity contribution is 5.82. The second-order valence-corrected chi connectivity index (χ2v) is 4.02. The van der Waals surface area contributed by atoms with E-state index < -0.39 is 0 Å². The van der Waals surface area contributed by atoms with E-state index in [4.69, 9.17) is 8.83 Å². The molecule has 0 unspecified atom stereocenters.